The minimum absolute atomic E-state index is 0.201. The van der Waals surface area contributed by atoms with E-state index in [1.165, 1.54) is 19.3 Å². The Morgan fingerprint density at radius 3 is 2.76 bits per heavy atom. The van der Waals surface area contributed by atoms with E-state index in [9.17, 15) is 4.79 Å². The zero-order chi connectivity index (χ0) is 12.3. The molecule has 4 nitrogen and oxygen atoms in total. The van der Waals surface area contributed by atoms with Crippen molar-refractivity contribution in [3.63, 3.8) is 0 Å². The Hall–Kier alpha value is -0.610. The maximum absolute atomic E-state index is 11.5. The summed E-state index contributed by atoms with van der Waals surface area (Å²) in [7, 11) is 4.33. The molecule has 0 aromatic carbocycles. The van der Waals surface area contributed by atoms with E-state index >= 15 is 0 Å². The lowest BCUT2D eigenvalue weighted by Gasteiger charge is -2.48. The lowest BCUT2D eigenvalue weighted by molar-refractivity contribution is -0.121. The fourth-order valence-corrected chi connectivity index (χ4v) is 2.85. The predicted molar refractivity (Wildman–Crippen MR) is 68.9 cm³/mol. The van der Waals surface area contributed by atoms with Crippen LogP contribution in [0, 0.1) is 0 Å². The maximum atomic E-state index is 11.5. The molecule has 17 heavy (non-hydrogen) atoms. The zero-order valence-electron chi connectivity index (χ0n) is 11.1. The second-order valence-electron chi connectivity index (χ2n) is 5.75. The highest BCUT2D eigenvalue weighted by Crippen LogP contribution is 2.35. The number of hydrogen-bond donors (Lipinski definition) is 2. The first kappa shape index (κ1) is 12.8. The number of carbonyl (C=O) groups is 1. The second kappa shape index (κ2) is 5.36. The van der Waals surface area contributed by atoms with Gasteiger partial charge in [-0.15, -0.1) is 0 Å². The van der Waals surface area contributed by atoms with Crippen molar-refractivity contribution in [2.45, 2.75) is 50.1 Å². The summed E-state index contributed by atoms with van der Waals surface area (Å²) in [5.74, 6) is 0.201. The van der Waals surface area contributed by atoms with Crippen molar-refractivity contribution < 1.29 is 4.79 Å². The van der Waals surface area contributed by atoms with Crippen LogP contribution in [0.4, 0.5) is 0 Å². The van der Waals surface area contributed by atoms with Crippen LogP contribution < -0.4 is 10.6 Å². The molecule has 1 atom stereocenters. The number of carbonyl (C=O) groups excluding carboxylic acids is 1. The van der Waals surface area contributed by atoms with Gasteiger partial charge >= 0.3 is 0 Å². The summed E-state index contributed by atoms with van der Waals surface area (Å²) in [5, 5.41) is 6.55. The number of hydrogen-bond acceptors (Lipinski definition) is 3. The van der Waals surface area contributed by atoms with Crippen LogP contribution in [0.5, 0.6) is 0 Å². The first-order valence-corrected chi connectivity index (χ1v) is 6.80. The molecular formula is C13H25N3O. The molecule has 2 rings (SSSR count). The molecule has 1 aliphatic heterocycles. The van der Waals surface area contributed by atoms with E-state index in [1.807, 2.05) is 0 Å². The third-order valence-corrected chi connectivity index (χ3v) is 4.44. The normalized spacial score (nSPS) is 28.4. The van der Waals surface area contributed by atoms with Gasteiger partial charge in [-0.25, -0.2) is 0 Å². The number of likely N-dealkylation sites (N-methyl/N-ethyl adjacent to an activating group) is 1. The lowest BCUT2D eigenvalue weighted by Crippen LogP contribution is -2.57. The van der Waals surface area contributed by atoms with Crippen LogP contribution in [0.1, 0.15) is 38.5 Å². The van der Waals surface area contributed by atoms with Gasteiger partial charge in [-0.3, -0.25) is 4.79 Å². The molecule has 0 radical (unpaired) electrons. The van der Waals surface area contributed by atoms with Crippen LogP contribution in [0.3, 0.4) is 0 Å². The highest BCUT2D eigenvalue weighted by Gasteiger charge is 2.39. The predicted octanol–water partition coefficient (Wildman–Crippen LogP) is 0.729. The zero-order valence-corrected chi connectivity index (χ0v) is 11.1. The van der Waals surface area contributed by atoms with Crippen molar-refractivity contribution in [3.05, 3.63) is 0 Å². The third-order valence-electron chi connectivity index (χ3n) is 4.44. The number of amides is 1. The lowest BCUT2D eigenvalue weighted by atomic mass is 9.75. The molecule has 0 aromatic rings. The fraction of sp³-hybridized carbons (Fsp3) is 0.923. The van der Waals surface area contributed by atoms with Gasteiger partial charge in [-0.1, -0.05) is 0 Å². The first-order chi connectivity index (χ1) is 8.12. The Labute approximate surface area is 104 Å². The summed E-state index contributed by atoms with van der Waals surface area (Å²) in [6.45, 7) is 1.87. The van der Waals surface area contributed by atoms with Gasteiger partial charge in [-0.2, -0.15) is 0 Å². The quantitative estimate of drug-likeness (QED) is 0.760. The third kappa shape index (κ3) is 2.99. The van der Waals surface area contributed by atoms with Gasteiger partial charge in [-0.05, 0) is 46.2 Å². The van der Waals surface area contributed by atoms with E-state index in [0.717, 1.165) is 25.9 Å². The Morgan fingerprint density at radius 2 is 2.18 bits per heavy atom. The standard InChI is InChI=1S/C13H25N3O/c1-16(2)13(6-4-7-13)10-15-11-5-3-8-14-12(17)9-11/h11,15H,3-10H2,1-2H3,(H,14,17). The van der Waals surface area contributed by atoms with Crippen molar-refractivity contribution in [2.75, 3.05) is 27.2 Å². The molecule has 1 saturated heterocycles. The smallest absolute Gasteiger partial charge is 0.221 e. The topological polar surface area (TPSA) is 44.4 Å². The van der Waals surface area contributed by atoms with E-state index in [2.05, 4.69) is 29.6 Å². The van der Waals surface area contributed by atoms with Gasteiger partial charge in [0.1, 0.15) is 0 Å². The largest absolute Gasteiger partial charge is 0.356 e. The fourth-order valence-electron chi connectivity index (χ4n) is 2.85. The average molecular weight is 239 g/mol. The molecule has 2 fully saturated rings. The van der Waals surface area contributed by atoms with E-state index in [0.29, 0.717) is 18.0 Å². The molecule has 0 spiro atoms. The molecule has 1 unspecified atom stereocenters. The minimum Gasteiger partial charge on any atom is -0.356 e. The van der Waals surface area contributed by atoms with E-state index in [1.54, 1.807) is 0 Å². The van der Waals surface area contributed by atoms with Crippen molar-refractivity contribution >= 4 is 5.91 Å². The Balaban J connectivity index is 1.82. The molecule has 1 saturated carbocycles. The molecular weight excluding hydrogens is 214 g/mol. The summed E-state index contributed by atoms with van der Waals surface area (Å²) in [6, 6.07) is 0.370. The molecule has 1 amide bonds. The van der Waals surface area contributed by atoms with Crippen LogP contribution in [0.2, 0.25) is 0 Å². The van der Waals surface area contributed by atoms with E-state index in [-0.39, 0.29) is 5.91 Å². The van der Waals surface area contributed by atoms with E-state index < -0.39 is 0 Å². The highest BCUT2D eigenvalue weighted by atomic mass is 16.1. The average Bonchev–Trinajstić information content (AvgIpc) is 2.40. The molecule has 2 aliphatic rings. The number of nitrogens with zero attached hydrogens (tertiary/aromatic N) is 1. The summed E-state index contributed by atoms with van der Waals surface area (Å²) >= 11 is 0. The maximum Gasteiger partial charge on any atom is 0.221 e. The van der Waals surface area contributed by atoms with Crippen LogP contribution in [0.15, 0.2) is 0 Å². The first-order valence-electron chi connectivity index (χ1n) is 6.80. The summed E-state index contributed by atoms with van der Waals surface area (Å²) in [5.41, 5.74) is 0.350. The van der Waals surface area contributed by atoms with Crippen molar-refractivity contribution in [1.82, 2.24) is 15.5 Å². The second-order valence-corrected chi connectivity index (χ2v) is 5.75. The monoisotopic (exact) mass is 239 g/mol. The summed E-state index contributed by atoms with van der Waals surface area (Å²) in [6.07, 6.45) is 6.76. The summed E-state index contributed by atoms with van der Waals surface area (Å²) < 4.78 is 0. The molecule has 0 bridgehead atoms. The van der Waals surface area contributed by atoms with Gasteiger partial charge in [0.2, 0.25) is 5.91 Å². The van der Waals surface area contributed by atoms with Crippen LogP contribution >= 0.6 is 0 Å². The molecule has 1 aliphatic carbocycles. The highest BCUT2D eigenvalue weighted by molar-refractivity contribution is 5.76. The number of rotatable bonds is 4. The Kier molecular flexibility index (Phi) is 4.05. The van der Waals surface area contributed by atoms with Crippen molar-refractivity contribution in [3.8, 4) is 0 Å². The van der Waals surface area contributed by atoms with Crippen LogP contribution in [0.25, 0.3) is 0 Å². The Morgan fingerprint density at radius 1 is 1.41 bits per heavy atom. The molecule has 0 aromatic heterocycles. The van der Waals surface area contributed by atoms with Gasteiger partial charge in [0.25, 0.3) is 0 Å². The molecule has 98 valence electrons. The van der Waals surface area contributed by atoms with Crippen LogP contribution in [-0.2, 0) is 4.79 Å². The molecule has 4 heteroatoms. The minimum atomic E-state index is 0.201. The van der Waals surface area contributed by atoms with Gasteiger partial charge < -0.3 is 15.5 Å². The van der Waals surface area contributed by atoms with Gasteiger partial charge in [0, 0.05) is 31.1 Å². The SMILES string of the molecule is CN(C)C1(CNC2CCCNC(=O)C2)CCC1. The number of nitrogens with one attached hydrogen (secondary N) is 2. The molecule has 1 heterocycles. The van der Waals surface area contributed by atoms with Gasteiger partial charge in [0.15, 0.2) is 0 Å². The van der Waals surface area contributed by atoms with Crippen LogP contribution in [-0.4, -0.2) is 49.6 Å². The van der Waals surface area contributed by atoms with Crippen molar-refractivity contribution in [1.29, 1.82) is 0 Å². The summed E-state index contributed by atoms with van der Waals surface area (Å²) in [4.78, 5) is 13.8. The van der Waals surface area contributed by atoms with Crippen molar-refractivity contribution in [2.24, 2.45) is 0 Å². The van der Waals surface area contributed by atoms with Gasteiger partial charge in [0.05, 0.1) is 0 Å². The Bertz CT molecular complexity index is 274. The van der Waals surface area contributed by atoms with E-state index in [4.69, 9.17) is 0 Å². The molecule has 2 N–H and O–H groups in total.